The first-order valence-corrected chi connectivity index (χ1v) is 5.01. The standard InChI is InChI=1S/C12H11NO3/c1-2-7-6-13-11(14)9-4-3-8(12(15)16)5-10(7)9/h3-6H,2H2,1H3,(H,13,14)(H,15,16). The van der Waals surface area contributed by atoms with Crippen LogP contribution in [-0.4, -0.2) is 16.1 Å². The lowest BCUT2D eigenvalue weighted by Gasteiger charge is -2.04. The number of nitrogens with one attached hydrogen (secondary N) is 1. The van der Waals surface area contributed by atoms with Crippen LogP contribution in [0.5, 0.6) is 0 Å². The summed E-state index contributed by atoms with van der Waals surface area (Å²) in [5.41, 5.74) is 0.953. The predicted molar refractivity (Wildman–Crippen MR) is 60.9 cm³/mol. The van der Waals surface area contributed by atoms with Crippen molar-refractivity contribution in [3.63, 3.8) is 0 Å². The van der Waals surface area contributed by atoms with E-state index in [0.717, 1.165) is 12.0 Å². The number of benzene rings is 1. The summed E-state index contributed by atoms with van der Waals surface area (Å²) in [4.78, 5) is 25.0. The highest BCUT2D eigenvalue weighted by Gasteiger charge is 2.08. The van der Waals surface area contributed by atoms with Crippen molar-refractivity contribution in [2.24, 2.45) is 0 Å². The minimum absolute atomic E-state index is 0.191. The molecule has 0 aliphatic carbocycles. The van der Waals surface area contributed by atoms with E-state index < -0.39 is 5.97 Å². The summed E-state index contributed by atoms with van der Waals surface area (Å²) in [7, 11) is 0. The number of carbonyl (C=O) groups is 1. The fourth-order valence-corrected chi connectivity index (χ4v) is 1.74. The van der Waals surface area contributed by atoms with Crippen molar-refractivity contribution in [1.82, 2.24) is 4.98 Å². The smallest absolute Gasteiger partial charge is 0.335 e. The maximum Gasteiger partial charge on any atom is 0.335 e. The molecule has 16 heavy (non-hydrogen) atoms. The Morgan fingerprint density at radius 2 is 2.12 bits per heavy atom. The number of aromatic carboxylic acids is 1. The van der Waals surface area contributed by atoms with Crippen molar-refractivity contribution < 1.29 is 9.90 Å². The number of fused-ring (bicyclic) bond motifs is 1. The second-order valence-electron chi connectivity index (χ2n) is 3.56. The number of aromatic nitrogens is 1. The highest BCUT2D eigenvalue weighted by Crippen LogP contribution is 2.17. The third-order valence-corrected chi connectivity index (χ3v) is 2.62. The molecule has 2 rings (SSSR count). The zero-order valence-electron chi connectivity index (χ0n) is 8.78. The molecule has 0 spiro atoms. The van der Waals surface area contributed by atoms with Crippen LogP contribution in [0.15, 0.2) is 29.2 Å². The first kappa shape index (κ1) is 10.4. The molecule has 0 unspecified atom stereocenters. The number of aryl methyl sites for hydroxylation is 1. The molecule has 0 aliphatic heterocycles. The second-order valence-corrected chi connectivity index (χ2v) is 3.56. The number of aromatic amines is 1. The van der Waals surface area contributed by atoms with Gasteiger partial charge >= 0.3 is 5.97 Å². The Balaban J connectivity index is 2.84. The van der Waals surface area contributed by atoms with E-state index in [0.29, 0.717) is 10.8 Å². The molecule has 1 aromatic carbocycles. The molecule has 2 N–H and O–H groups in total. The summed E-state index contributed by atoms with van der Waals surface area (Å²) in [6.07, 6.45) is 2.38. The van der Waals surface area contributed by atoms with Gasteiger partial charge in [0.25, 0.3) is 5.56 Å². The van der Waals surface area contributed by atoms with Crippen molar-refractivity contribution >= 4 is 16.7 Å². The zero-order chi connectivity index (χ0) is 11.7. The molecule has 0 aliphatic rings. The fraction of sp³-hybridized carbons (Fsp3) is 0.167. The molecule has 0 atom stereocenters. The van der Waals surface area contributed by atoms with Gasteiger partial charge in [-0.15, -0.1) is 0 Å². The summed E-state index contributed by atoms with van der Waals surface area (Å²) in [5.74, 6) is -0.982. The Morgan fingerprint density at radius 1 is 1.38 bits per heavy atom. The van der Waals surface area contributed by atoms with Gasteiger partial charge in [0.05, 0.1) is 5.56 Å². The van der Waals surface area contributed by atoms with E-state index in [9.17, 15) is 9.59 Å². The van der Waals surface area contributed by atoms with Crippen molar-refractivity contribution in [3.05, 3.63) is 45.9 Å². The van der Waals surface area contributed by atoms with Gasteiger partial charge < -0.3 is 10.1 Å². The fourth-order valence-electron chi connectivity index (χ4n) is 1.74. The van der Waals surface area contributed by atoms with Gasteiger partial charge in [-0.1, -0.05) is 6.92 Å². The Bertz CT molecular complexity index is 613. The molecule has 0 fully saturated rings. The predicted octanol–water partition coefficient (Wildman–Crippen LogP) is 1.79. The Hall–Kier alpha value is -2.10. The first-order chi connectivity index (χ1) is 7.63. The van der Waals surface area contributed by atoms with Gasteiger partial charge in [-0.3, -0.25) is 4.79 Å². The van der Waals surface area contributed by atoms with Gasteiger partial charge in [0.15, 0.2) is 0 Å². The molecule has 0 bridgehead atoms. The summed E-state index contributed by atoms with van der Waals surface area (Å²) in [6.45, 7) is 1.96. The van der Waals surface area contributed by atoms with E-state index in [1.807, 2.05) is 6.92 Å². The normalized spacial score (nSPS) is 10.6. The molecular formula is C12H11NO3. The minimum Gasteiger partial charge on any atom is -0.478 e. The number of hydrogen-bond acceptors (Lipinski definition) is 2. The average molecular weight is 217 g/mol. The molecule has 0 saturated heterocycles. The maximum absolute atomic E-state index is 11.5. The van der Waals surface area contributed by atoms with Crippen LogP contribution in [0.25, 0.3) is 10.8 Å². The molecule has 0 radical (unpaired) electrons. The van der Waals surface area contributed by atoms with Gasteiger partial charge in [0.1, 0.15) is 0 Å². The summed E-state index contributed by atoms with van der Waals surface area (Å²) in [5, 5.41) is 10.1. The molecule has 4 nitrogen and oxygen atoms in total. The van der Waals surface area contributed by atoms with E-state index in [-0.39, 0.29) is 11.1 Å². The van der Waals surface area contributed by atoms with Crippen molar-refractivity contribution in [3.8, 4) is 0 Å². The number of rotatable bonds is 2. The molecule has 4 heteroatoms. The van der Waals surface area contributed by atoms with Crippen LogP contribution < -0.4 is 5.56 Å². The van der Waals surface area contributed by atoms with Crippen LogP contribution in [-0.2, 0) is 6.42 Å². The number of pyridine rings is 1. The van der Waals surface area contributed by atoms with E-state index in [4.69, 9.17) is 5.11 Å². The number of carboxylic acid groups (broad SMARTS) is 1. The monoisotopic (exact) mass is 217 g/mol. The van der Waals surface area contributed by atoms with Crippen LogP contribution >= 0.6 is 0 Å². The molecular weight excluding hydrogens is 206 g/mol. The summed E-state index contributed by atoms with van der Waals surface area (Å²) in [6, 6.07) is 4.54. The molecule has 0 amide bonds. The van der Waals surface area contributed by atoms with Gasteiger partial charge in [-0.2, -0.15) is 0 Å². The average Bonchev–Trinajstić information content (AvgIpc) is 2.29. The highest BCUT2D eigenvalue weighted by molar-refractivity contribution is 5.95. The topological polar surface area (TPSA) is 70.2 Å². The maximum atomic E-state index is 11.5. The van der Waals surface area contributed by atoms with Crippen LogP contribution in [0, 0.1) is 0 Å². The van der Waals surface area contributed by atoms with Crippen molar-refractivity contribution in [2.45, 2.75) is 13.3 Å². The summed E-state index contributed by atoms with van der Waals surface area (Å²) < 4.78 is 0. The lowest BCUT2D eigenvalue weighted by atomic mass is 10.0. The second kappa shape index (κ2) is 3.81. The number of carboxylic acids is 1. The van der Waals surface area contributed by atoms with Crippen LogP contribution in [0.1, 0.15) is 22.8 Å². The van der Waals surface area contributed by atoms with Gasteiger partial charge in [-0.05, 0) is 35.6 Å². The lowest BCUT2D eigenvalue weighted by molar-refractivity contribution is 0.0697. The Kier molecular flexibility index (Phi) is 2.48. The van der Waals surface area contributed by atoms with Gasteiger partial charge in [0, 0.05) is 11.6 Å². The van der Waals surface area contributed by atoms with Gasteiger partial charge in [0.2, 0.25) is 0 Å². The third-order valence-electron chi connectivity index (χ3n) is 2.62. The van der Waals surface area contributed by atoms with E-state index in [1.54, 1.807) is 18.3 Å². The quantitative estimate of drug-likeness (QED) is 0.805. The minimum atomic E-state index is -0.982. The Labute approximate surface area is 91.5 Å². The SMILES string of the molecule is CCc1c[nH]c(=O)c2ccc(C(=O)O)cc12. The summed E-state index contributed by atoms with van der Waals surface area (Å²) >= 11 is 0. The van der Waals surface area contributed by atoms with E-state index in [1.165, 1.54) is 6.07 Å². The van der Waals surface area contributed by atoms with Gasteiger partial charge in [-0.25, -0.2) is 4.79 Å². The van der Waals surface area contributed by atoms with E-state index in [2.05, 4.69) is 4.98 Å². The number of hydrogen-bond donors (Lipinski definition) is 2. The zero-order valence-corrected chi connectivity index (χ0v) is 8.78. The third kappa shape index (κ3) is 1.58. The van der Waals surface area contributed by atoms with E-state index >= 15 is 0 Å². The highest BCUT2D eigenvalue weighted by atomic mass is 16.4. The van der Waals surface area contributed by atoms with Crippen LogP contribution in [0.2, 0.25) is 0 Å². The largest absolute Gasteiger partial charge is 0.478 e. The number of H-pyrrole nitrogens is 1. The first-order valence-electron chi connectivity index (χ1n) is 5.01. The Morgan fingerprint density at radius 3 is 2.75 bits per heavy atom. The van der Waals surface area contributed by atoms with Crippen molar-refractivity contribution in [1.29, 1.82) is 0 Å². The molecule has 2 aromatic rings. The van der Waals surface area contributed by atoms with Crippen LogP contribution in [0.4, 0.5) is 0 Å². The molecule has 82 valence electrons. The molecule has 1 heterocycles. The van der Waals surface area contributed by atoms with Crippen LogP contribution in [0.3, 0.4) is 0 Å². The van der Waals surface area contributed by atoms with Crippen molar-refractivity contribution in [2.75, 3.05) is 0 Å². The molecule has 0 saturated carbocycles. The lowest BCUT2D eigenvalue weighted by Crippen LogP contribution is -2.08. The molecule has 1 aromatic heterocycles.